The number of esters is 1. The number of thioether (sulfide) groups is 1. The Morgan fingerprint density at radius 1 is 1.42 bits per heavy atom. The minimum atomic E-state index is -0.326. The highest BCUT2D eigenvalue weighted by Crippen LogP contribution is 2.29. The summed E-state index contributed by atoms with van der Waals surface area (Å²) in [5.41, 5.74) is 1.51. The molecule has 100 valence electrons. The van der Waals surface area contributed by atoms with Gasteiger partial charge in [0.15, 0.2) is 5.17 Å². The Balaban J connectivity index is 2.32. The predicted molar refractivity (Wildman–Crippen MR) is 78.0 cm³/mol. The van der Waals surface area contributed by atoms with Crippen molar-refractivity contribution < 1.29 is 9.53 Å². The second-order valence-electron chi connectivity index (χ2n) is 3.92. The average Bonchev–Trinajstić information content (AvgIpc) is 2.47. The lowest BCUT2D eigenvalue weighted by atomic mass is 9.99. The summed E-state index contributed by atoms with van der Waals surface area (Å²) in [4.78, 5) is 16.5. The number of rotatable bonds is 3. The Bertz CT molecular complexity index is 511. The van der Waals surface area contributed by atoms with Crippen LogP contribution in [0.2, 0.25) is 0 Å². The summed E-state index contributed by atoms with van der Waals surface area (Å²) in [7, 11) is 0. The maximum atomic E-state index is 12.0. The van der Waals surface area contributed by atoms with Crippen molar-refractivity contribution >= 4 is 22.9 Å². The van der Waals surface area contributed by atoms with Crippen LogP contribution in [-0.4, -0.2) is 24.0 Å². The van der Waals surface area contributed by atoms with E-state index in [-0.39, 0.29) is 12.0 Å². The van der Waals surface area contributed by atoms with Gasteiger partial charge in [0.05, 0.1) is 12.2 Å². The lowest BCUT2D eigenvalue weighted by Gasteiger charge is -2.21. The van der Waals surface area contributed by atoms with E-state index in [9.17, 15) is 4.79 Å². The van der Waals surface area contributed by atoms with Crippen LogP contribution in [0.25, 0.3) is 0 Å². The van der Waals surface area contributed by atoms with Crippen molar-refractivity contribution in [3.63, 3.8) is 0 Å². The van der Waals surface area contributed by atoms with E-state index in [0.717, 1.165) is 10.7 Å². The number of nitrogens with one attached hydrogen (secondary N) is 1. The van der Waals surface area contributed by atoms with Crippen LogP contribution < -0.4 is 5.32 Å². The summed E-state index contributed by atoms with van der Waals surface area (Å²) in [6.45, 7) is 2.15. The third-order valence-electron chi connectivity index (χ3n) is 2.71. The second kappa shape index (κ2) is 6.43. The third-order valence-corrected chi connectivity index (χ3v) is 3.32. The van der Waals surface area contributed by atoms with E-state index in [1.54, 1.807) is 13.1 Å². The summed E-state index contributed by atoms with van der Waals surface area (Å²) in [6.07, 6.45) is 3.63. The molecule has 0 amide bonds. The fraction of sp³-hybridized carbons (Fsp3) is 0.286. The maximum Gasteiger partial charge on any atom is 0.338 e. The molecule has 1 aliphatic rings. The van der Waals surface area contributed by atoms with Crippen LogP contribution in [0.3, 0.4) is 0 Å². The second-order valence-corrected chi connectivity index (χ2v) is 4.71. The molecule has 0 radical (unpaired) electrons. The van der Waals surface area contributed by atoms with Crippen molar-refractivity contribution in [3.8, 4) is 0 Å². The molecule has 0 saturated carbocycles. The van der Waals surface area contributed by atoms with Gasteiger partial charge < -0.3 is 10.1 Å². The van der Waals surface area contributed by atoms with Gasteiger partial charge in [-0.3, -0.25) is 0 Å². The number of amidine groups is 1. The normalized spacial score (nSPS) is 18.1. The van der Waals surface area contributed by atoms with Gasteiger partial charge in [-0.2, -0.15) is 0 Å². The topological polar surface area (TPSA) is 50.7 Å². The van der Waals surface area contributed by atoms with E-state index < -0.39 is 0 Å². The first-order valence-corrected chi connectivity index (χ1v) is 7.29. The molecule has 0 fully saturated rings. The van der Waals surface area contributed by atoms with Crippen LogP contribution in [0.4, 0.5) is 0 Å². The van der Waals surface area contributed by atoms with Crippen LogP contribution in [0, 0.1) is 0 Å². The Hall–Kier alpha value is -1.75. The molecular formula is C14H16N2O2S. The van der Waals surface area contributed by atoms with Gasteiger partial charge in [0.1, 0.15) is 6.04 Å². The third kappa shape index (κ3) is 3.17. The number of carbonyl (C=O) groups is 1. The number of ether oxygens (including phenoxy) is 1. The summed E-state index contributed by atoms with van der Waals surface area (Å²) >= 11 is 1.51. The molecule has 1 heterocycles. The SMILES string of the molecule is CCOC(=O)C1=CNC(SC)=NC1c1ccccc1. The Morgan fingerprint density at radius 3 is 2.79 bits per heavy atom. The Morgan fingerprint density at radius 2 is 2.16 bits per heavy atom. The fourth-order valence-corrected chi connectivity index (χ4v) is 2.22. The highest BCUT2D eigenvalue weighted by Gasteiger charge is 2.26. The first-order valence-electron chi connectivity index (χ1n) is 6.06. The van der Waals surface area contributed by atoms with Crippen molar-refractivity contribution in [2.24, 2.45) is 4.99 Å². The van der Waals surface area contributed by atoms with Crippen molar-refractivity contribution in [2.75, 3.05) is 12.9 Å². The van der Waals surface area contributed by atoms with Crippen LogP contribution in [0.5, 0.6) is 0 Å². The summed E-state index contributed by atoms with van der Waals surface area (Å²) < 4.78 is 5.08. The summed E-state index contributed by atoms with van der Waals surface area (Å²) in [5.74, 6) is -0.326. The molecule has 19 heavy (non-hydrogen) atoms. The number of aliphatic imine (C=N–C) groups is 1. The van der Waals surface area contributed by atoms with Crippen molar-refractivity contribution in [2.45, 2.75) is 13.0 Å². The molecule has 0 aliphatic carbocycles. The lowest BCUT2D eigenvalue weighted by molar-refractivity contribution is -0.138. The molecule has 0 aromatic heterocycles. The highest BCUT2D eigenvalue weighted by molar-refractivity contribution is 8.13. The zero-order chi connectivity index (χ0) is 13.7. The van der Waals surface area contributed by atoms with Gasteiger partial charge in [0.25, 0.3) is 0 Å². The van der Waals surface area contributed by atoms with Crippen LogP contribution in [-0.2, 0) is 9.53 Å². The van der Waals surface area contributed by atoms with E-state index in [4.69, 9.17) is 4.74 Å². The van der Waals surface area contributed by atoms with Gasteiger partial charge in [-0.05, 0) is 18.7 Å². The van der Waals surface area contributed by atoms with Crippen LogP contribution in [0.15, 0.2) is 47.1 Å². The number of hydrogen-bond acceptors (Lipinski definition) is 5. The van der Waals surface area contributed by atoms with Gasteiger partial charge >= 0.3 is 5.97 Å². The van der Waals surface area contributed by atoms with Crippen molar-refractivity contribution in [1.82, 2.24) is 5.32 Å². The molecule has 0 saturated heterocycles. The summed E-state index contributed by atoms with van der Waals surface area (Å²) in [5, 5.41) is 3.80. The van der Waals surface area contributed by atoms with Crippen molar-refractivity contribution in [3.05, 3.63) is 47.7 Å². The van der Waals surface area contributed by atoms with E-state index in [1.165, 1.54) is 11.8 Å². The van der Waals surface area contributed by atoms with Gasteiger partial charge in [-0.1, -0.05) is 42.1 Å². The average molecular weight is 276 g/mol. The zero-order valence-corrected chi connectivity index (χ0v) is 11.7. The van der Waals surface area contributed by atoms with E-state index in [0.29, 0.717) is 12.2 Å². The molecule has 0 bridgehead atoms. The van der Waals surface area contributed by atoms with E-state index in [1.807, 2.05) is 36.6 Å². The van der Waals surface area contributed by atoms with E-state index >= 15 is 0 Å². The zero-order valence-electron chi connectivity index (χ0n) is 10.9. The minimum Gasteiger partial charge on any atom is -0.463 e. The van der Waals surface area contributed by atoms with Crippen LogP contribution in [0.1, 0.15) is 18.5 Å². The molecular weight excluding hydrogens is 260 g/mol. The number of hydrogen-bond donors (Lipinski definition) is 1. The standard InChI is InChI=1S/C14H16N2O2S/c1-3-18-13(17)11-9-15-14(19-2)16-12(11)10-7-5-4-6-8-10/h4-9,12H,3H2,1-2H3,(H,15,16). The van der Waals surface area contributed by atoms with Gasteiger partial charge in [-0.15, -0.1) is 0 Å². The minimum absolute atomic E-state index is 0.302. The van der Waals surface area contributed by atoms with Gasteiger partial charge in [-0.25, -0.2) is 9.79 Å². The quantitative estimate of drug-likeness (QED) is 0.862. The molecule has 1 N–H and O–H groups in total. The first-order chi connectivity index (χ1) is 9.26. The fourth-order valence-electron chi connectivity index (χ4n) is 1.83. The van der Waals surface area contributed by atoms with Gasteiger partial charge in [0.2, 0.25) is 0 Å². The highest BCUT2D eigenvalue weighted by atomic mass is 32.2. The largest absolute Gasteiger partial charge is 0.463 e. The molecule has 1 aliphatic heterocycles. The molecule has 1 aromatic rings. The molecule has 1 atom stereocenters. The molecule has 4 nitrogen and oxygen atoms in total. The molecule has 1 unspecified atom stereocenters. The molecule has 1 aromatic carbocycles. The first kappa shape index (κ1) is 13.7. The van der Waals surface area contributed by atoms with Crippen LogP contribution >= 0.6 is 11.8 Å². The smallest absolute Gasteiger partial charge is 0.338 e. The summed E-state index contributed by atoms with van der Waals surface area (Å²) in [6, 6.07) is 9.44. The Kier molecular flexibility index (Phi) is 4.63. The number of carbonyl (C=O) groups excluding carboxylic acids is 1. The number of benzene rings is 1. The predicted octanol–water partition coefficient (Wildman–Crippen LogP) is 2.50. The lowest BCUT2D eigenvalue weighted by Crippen LogP contribution is -2.26. The Labute approximate surface area is 116 Å². The molecule has 5 heteroatoms. The number of nitrogens with zero attached hydrogens (tertiary/aromatic N) is 1. The monoisotopic (exact) mass is 276 g/mol. The van der Waals surface area contributed by atoms with E-state index in [2.05, 4.69) is 10.3 Å². The van der Waals surface area contributed by atoms with Crippen molar-refractivity contribution in [1.29, 1.82) is 0 Å². The maximum absolute atomic E-state index is 12.0. The molecule has 0 spiro atoms. The molecule has 2 rings (SSSR count). The van der Waals surface area contributed by atoms with Gasteiger partial charge in [0, 0.05) is 6.20 Å².